The Labute approximate surface area is 101 Å². The van der Waals surface area contributed by atoms with Gasteiger partial charge in [0.2, 0.25) is 0 Å². The van der Waals surface area contributed by atoms with Crippen LogP contribution < -0.4 is 10.5 Å². The minimum atomic E-state index is -0.388. The number of rotatable bonds is 5. The Morgan fingerprint density at radius 1 is 1.35 bits per heavy atom. The van der Waals surface area contributed by atoms with E-state index in [0.29, 0.717) is 25.2 Å². The maximum Gasteiger partial charge on any atom is 0.165 e. The Morgan fingerprint density at radius 3 is 2.88 bits per heavy atom. The Balaban J connectivity index is 2.63. The summed E-state index contributed by atoms with van der Waals surface area (Å²) in [6.45, 7) is 1.29. The lowest BCUT2D eigenvalue weighted by molar-refractivity contribution is 0.170. The summed E-state index contributed by atoms with van der Waals surface area (Å²) in [4.78, 5) is 0. The first-order valence-electron chi connectivity index (χ1n) is 5.38. The second kappa shape index (κ2) is 7.66. The van der Waals surface area contributed by atoms with Gasteiger partial charge in [-0.1, -0.05) is 11.8 Å². The van der Waals surface area contributed by atoms with Crippen LogP contribution in [0, 0.1) is 17.7 Å². The normalized spacial score (nSPS) is 9.59. The van der Waals surface area contributed by atoms with E-state index in [1.807, 2.05) is 0 Å². The first kappa shape index (κ1) is 13.5. The van der Waals surface area contributed by atoms with Gasteiger partial charge in [-0.05, 0) is 18.2 Å². The second-order valence-electron chi connectivity index (χ2n) is 3.35. The van der Waals surface area contributed by atoms with Gasteiger partial charge in [0.25, 0.3) is 0 Å². The summed E-state index contributed by atoms with van der Waals surface area (Å²) >= 11 is 0. The van der Waals surface area contributed by atoms with Gasteiger partial charge in [-0.25, -0.2) is 4.39 Å². The van der Waals surface area contributed by atoms with E-state index in [1.54, 1.807) is 19.2 Å². The van der Waals surface area contributed by atoms with Gasteiger partial charge in [0.1, 0.15) is 0 Å². The van der Waals surface area contributed by atoms with Gasteiger partial charge in [-0.2, -0.15) is 0 Å². The average molecular weight is 237 g/mol. The minimum Gasteiger partial charge on any atom is -0.490 e. The Kier molecular flexibility index (Phi) is 6.08. The van der Waals surface area contributed by atoms with E-state index in [0.717, 1.165) is 0 Å². The smallest absolute Gasteiger partial charge is 0.165 e. The van der Waals surface area contributed by atoms with Crippen LogP contribution in [0.2, 0.25) is 0 Å². The lowest BCUT2D eigenvalue weighted by atomic mass is 10.2. The van der Waals surface area contributed by atoms with Crippen molar-refractivity contribution < 1.29 is 13.9 Å². The van der Waals surface area contributed by atoms with Crippen LogP contribution in [0.5, 0.6) is 5.75 Å². The number of hydrogen-bond donors (Lipinski definition) is 1. The molecule has 0 saturated carbocycles. The summed E-state index contributed by atoms with van der Waals surface area (Å²) < 4.78 is 23.6. The van der Waals surface area contributed by atoms with Crippen molar-refractivity contribution in [3.8, 4) is 17.6 Å². The van der Waals surface area contributed by atoms with E-state index in [-0.39, 0.29) is 18.1 Å². The van der Waals surface area contributed by atoms with Gasteiger partial charge < -0.3 is 15.2 Å². The molecule has 3 nitrogen and oxygen atoms in total. The molecular weight excluding hydrogens is 221 g/mol. The molecule has 0 spiro atoms. The van der Waals surface area contributed by atoms with Crippen LogP contribution in [-0.2, 0) is 4.74 Å². The number of hydrogen-bond acceptors (Lipinski definition) is 3. The highest BCUT2D eigenvalue weighted by Crippen LogP contribution is 2.18. The van der Waals surface area contributed by atoms with Crippen LogP contribution in [0.4, 0.5) is 4.39 Å². The number of methoxy groups -OCH3 is 1. The van der Waals surface area contributed by atoms with Crippen LogP contribution >= 0.6 is 0 Å². The molecule has 0 fully saturated rings. The highest BCUT2D eigenvalue weighted by molar-refractivity contribution is 5.40. The molecule has 1 aromatic carbocycles. The van der Waals surface area contributed by atoms with Crippen LogP contribution in [0.25, 0.3) is 0 Å². The molecule has 0 aliphatic rings. The Hall–Kier alpha value is -1.57. The summed E-state index contributed by atoms with van der Waals surface area (Å²) in [5.41, 5.74) is 5.96. The molecule has 1 aromatic rings. The largest absolute Gasteiger partial charge is 0.490 e. The van der Waals surface area contributed by atoms with Crippen molar-refractivity contribution in [2.75, 3.05) is 26.9 Å². The summed E-state index contributed by atoms with van der Waals surface area (Å²) in [6, 6.07) is 4.51. The van der Waals surface area contributed by atoms with Crippen molar-refractivity contribution in [2.45, 2.75) is 6.42 Å². The molecular formula is C13H16FNO2. The van der Waals surface area contributed by atoms with Crippen LogP contribution in [0.3, 0.4) is 0 Å². The summed E-state index contributed by atoms with van der Waals surface area (Å²) in [6.07, 6.45) is 0.717. The van der Waals surface area contributed by atoms with E-state index in [4.69, 9.17) is 15.2 Å². The third-order valence-corrected chi connectivity index (χ3v) is 2.02. The lowest BCUT2D eigenvalue weighted by Crippen LogP contribution is -2.02. The monoisotopic (exact) mass is 237 g/mol. The zero-order valence-corrected chi connectivity index (χ0v) is 9.83. The van der Waals surface area contributed by atoms with Crippen molar-refractivity contribution in [2.24, 2.45) is 5.73 Å². The number of halogens is 1. The second-order valence-corrected chi connectivity index (χ2v) is 3.35. The van der Waals surface area contributed by atoms with Crippen LogP contribution in [0.1, 0.15) is 12.0 Å². The molecule has 0 aliphatic carbocycles. The molecule has 1 rings (SSSR count). The van der Waals surface area contributed by atoms with Crippen molar-refractivity contribution in [1.82, 2.24) is 0 Å². The molecule has 0 saturated heterocycles. The molecule has 0 heterocycles. The van der Waals surface area contributed by atoms with Crippen LogP contribution in [-0.4, -0.2) is 26.9 Å². The molecule has 2 N–H and O–H groups in total. The van der Waals surface area contributed by atoms with Gasteiger partial charge in [0.05, 0.1) is 13.2 Å². The predicted molar refractivity (Wildman–Crippen MR) is 64.3 cm³/mol. The summed E-state index contributed by atoms with van der Waals surface area (Å²) in [5.74, 6) is 5.36. The molecule has 0 radical (unpaired) electrons. The predicted octanol–water partition coefficient (Wildman–Crippen LogP) is 1.55. The van der Waals surface area contributed by atoms with E-state index in [2.05, 4.69) is 11.8 Å². The third-order valence-electron chi connectivity index (χ3n) is 2.02. The topological polar surface area (TPSA) is 44.5 Å². The molecule has 0 aliphatic heterocycles. The fraction of sp³-hybridized carbons (Fsp3) is 0.385. The van der Waals surface area contributed by atoms with E-state index in [9.17, 15) is 4.39 Å². The number of ether oxygens (including phenoxy) is 2. The van der Waals surface area contributed by atoms with Gasteiger partial charge in [-0.15, -0.1) is 0 Å². The molecule has 17 heavy (non-hydrogen) atoms. The first-order chi connectivity index (χ1) is 8.27. The summed E-state index contributed by atoms with van der Waals surface area (Å²) in [7, 11) is 1.61. The van der Waals surface area contributed by atoms with Gasteiger partial charge in [0, 0.05) is 25.7 Å². The Morgan fingerprint density at radius 2 is 2.18 bits per heavy atom. The molecule has 4 heteroatoms. The van der Waals surface area contributed by atoms with E-state index in [1.165, 1.54) is 6.07 Å². The highest BCUT2D eigenvalue weighted by Gasteiger charge is 2.03. The van der Waals surface area contributed by atoms with Crippen LogP contribution in [0.15, 0.2) is 18.2 Å². The molecule has 0 amide bonds. The quantitative estimate of drug-likeness (QED) is 0.624. The maximum atomic E-state index is 13.4. The number of benzene rings is 1. The first-order valence-corrected chi connectivity index (χ1v) is 5.38. The van der Waals surface area contributed by atoms with Gasteiger partial charge in [-0.3, -0.25) is 0 Å². The zero-order chi connectivity index (χ0) is 12.5. The average Bonchev–Trinajstić information content (AvgIpc) is 2.35. The van der Waals surface area contributed by atoms with Gasteiger partial charge >= 0.3 is 0 Å². The van der Waals surface area contributed by atoms with Crippen molar-refractivity contribution in [1.29, 1.82) is 0 Å². The Bertz CT molecular complexity index is 410. The molecule has 0 bridgehead atoms. The molecule has 92 valence electrons. The molecule has 0 unspecified atom stereocenters. The fourth-order valence-corrected chi connectivity index (χ4v) is 1.23. The van der Waals surface area contributed by atoms with E-state index >= 15 is 0 Å². The lowest BCUT2D eigenvalue weighted by Gasteiger charge is -2.07. The van der Waals surface area contributed by atoms with Crippen molar-refractivity contribution in [3.05, 3.63) is 29.6 Å². The zero-order valence-electron chi connectivity index (χ0n) is 9.83. The van der Waals surface area contributed by atoms with E-state index < -0.39 is 0 Å². The minimum absolute atomic E-state index is 0.213. The van der Waals surface area contributed by atoms with Crippen molar-refractivity contribution >= 4 is 0 Å². The highest BCUT2D eigenvalue weighted by atomic mass is 19.1. The molecule has 0 aromatic heterocycles. The third kappa shape index (κ3) is 4.85. The fourth-order valence-electron chi connectivity index (χ4n) is 1.23. The standard InChI is InChI=1S/C13H16FNO2/c1-16-8-3-9-17-13-10-11(4-2-7-15)5-6-12(13)14/h5-6,10H,3,7-9,15H2,1H3. The van der Waals surface area contributed by atoms with Gasteiger partial charge in [0.15, 0.2) is 11.6 Å². The van der Waals surface area contributed by atoms with Crippen molar-refractivity contribution in [3.63, 3.8) is 0 Å². The SMILES string of the molecule is COCCCOc1cc(C#CCN)ccc1F. The summed E-state index contributed by atoms with van der Waals surface area (Å²) in [5, 5.41) is 0. The molecule has 0 atom stereocenters. The maximum absolute atomic E-state index is 13.4. The number of nitrogens with two attached hydrogens (primary N) is 1.